The summed E-state index contributed by atoms with van der Waals surface area (Å²) in [5.41, 5.74) is 1.86. The van der Waals surface area contributed by atoms with Crippen molar-refractivity contribution in [2.75, 3.05) is 39.4 Å². The van der Waals surface area contributed by atoms with Crippen LogP contribution < -0.4 is 0 Å². The van der Waals surface area contributed by atoms with Crippen LogP contribution in [-0.4, -0.2) is 69.9 Å². The minimum atomic E-state index is 0.0990. The molecular formula is C22H27N5O3. The van der Waals surface area contributed by atoms with Gasteiger partial charge in [0.2, 0.25) is 17.7 Å². The second-order valence-electron chi connectivity index (χ2n) is 8.02. The van der Waals surface area contributed by atoms with Gasteiger partial charge in [-0.3, -0.25) is 9.69 Å². The fourth-order valence-electron chi connectivity index (χ4n) is 4.34. The first kappa shape index (κ1) is 19.3. The fourth-order valence-corrected chi connectivity index (χ4v) is 4.34. The number of carbonyl (C=O) groups excluding carboxylic acids is 1. The Morgan fingerprint density at radius 3 is 2.63 bits per heavy atom. The van der Waals surface area contributed by atoms with Crippen molar-refractivity contribution < 1.29 is 13.9 Å². The number of likely N-dealkylation sites (tertiary alicyclic amines) is 1. The van der Waals surface area contributed by atoms with Crippen LogP contribution in [0.25, 0.3) is 22.4 Å². The number of hydrogen-bond acceptors (Lipinski definition) is 6. The van der Waals surface area contributed by atoms with E-state index in [9.17, 15) is 4.79 Å². The number of amides is 1. The summed E-state index contributed by atoms with van der Waals surface area (Å²) in [6, 6.07) is 8.04. The van der Waals surface area contributed by atoms with E-state index in [0.29, 0.717) is 44.6 Å². The molecule has 0 radical (unpaired) electrons. The van der Waals surface area contributed by atoms with E-state index in [4.69, 9.17) is 9.15 Å². The van der Waals surface area contributed by atoms with Gasteiger partial charge in [-0.25, -0.2) is 0 Å². The molecule has 0 atom stereocenters. The predicted molar refractivity (Wildman–Crippen MR) is 112 cm³/mol. The van der Waals surface area contributed by atoms with Gasteiger partial charge in [-0.05, 0) is 32.0 Å². The van der Waals surface area contributed by atoms with Crippen LogP contribution in [0, 0.1) is 0 Å². The van der Waals surface area contributed by atoms with Crippen LogP contribution in [0.4, 0.5) is 0 Å². The van der Waals surface area contributed by atoms with E-state index in [1.165, 1.54) is 19.3 Å². The molecule has 8 nitrogen and oxygen atoms in total. The third-order valence-electron chi connectivity index (χ3n) is 5.96. The average Bonchev–Trinajstić information content (AvgIpc) is 3.40. The van der Waals surface area contributed by atoms with Crippen LogP contribution in [0.2, 0.25) is 0 Å². The summed E-state index contributed by atoms with van der Waals surface area (Å²) in [5.74, 6) is 1.26. The molecule has 158 valence electrons. The second kappa shape index (κ2) is 8.57. The lowest BCUT2D eigenvalue weighted by Gasteiger charge is -2.27. The van der Waals surface area contributed by atoms with Crippen LogP contribution in [0.5, 0.6) is 0 Å². The van der Waals surface area contributed by atoms with Crippen molar-refractivity contribution >= 4 is 16.8 Å². The maximum absolute atomic E-state index is 12.8. The van der Waals surface area contributed by atoms with Gasteiger partial charge in [-0.1, -0.05) is 24.6 Å². The first-order valence-corrected chi connectivity index (χ1v) is 10.8. The average molecular weight is 409 g/mol. The van der Waals surface area contributed by atoms with Gasteiger partial charge >= 0.3 is 0 Å². The number of carbonyl (C=O) groups is 1. The van der Waals surface area contributed by atoms with E-state index in [1.807, 2.05) is 39.9 Å². The number of piperidine rings is 1. The topological polar surface area (TPSA) is 76.6 Å². The number of aromatic nitrogens is 3. The highest BCUT2D eigenvalue weighted by Gasteiger charge is 2.21. The Hall–Kier alpha value is -2.71. The molecule has 2 aliphatic rings. The molecule has 0 saturated carbocycles. The second-order valence-corrected chi connectivity index (χ2v) is 8.02. The molecule has 2 aromatic heterocycles. The van der Waals surface area contributed by atoms with Crippen LogP contribution in [0.3, 0.4) is 0 Å². The summed E-state index contributed by atoms with van der Waals surface area (Å²) in [7, 11) is 0. The lowest BCUT2D eigenvalue weighted by Crippen LogP contribution is -2.42. The zero-order chi connectivity index (χ0) is 20.3. The quantitative estimate of drug-likeness (QED) is 0.645. The van der Waals surface area contributed by atoms with Gasteiger partial charge in [-0.15, -0.1) is 10.2 Å². The maximum atomic E-state index is 12.8. The number of ether oxygens (including phenoxy) is 1. The molecule has 8 heteroatoms. The summed E-state index contributed by atoms with van der Waals surface area (Å²) in [6.07, 6.45) is 5.72. The molecule has 0 bridgehead atoms. The molecule has 1 amide bonds. The number of rotatable bonds is 5. The Kier molecular flexibility index (Phi) is 5.50. The molecule has 0 unspecified atom stereocenters. The summed E-state index contributed by atoms with van der Waals surface area (Å²) in [4.78, 5) is 17.0. The van der Waals surface area contributed by atoms with E-state index in [1.54, 1.807) is 0 Å². The number of fused-ring (bicyclic) bond motifs is 1. The van der Waals surface area contributed by atoms with Gasteiger partial charge in [0.15, 0.2) is 0 Å². The molecule has 1 aromatic carbocycles. The Morgan fingerprint density at radius 1 is 1.00 bits per heavy atom. The molecule has 2 aliphatic heterocycles. The first-order valence-electron chi connectivity index (χ1n) is 10.8. The summed E-state index contributed by atoms with van der Waals surface area (Å²) < 4.78 is 13.4. The molecule has 30 heavy (non-hydrogen) atoms. The fraction of sp³-hybridized carbons (Fsp3) is 0.500. The van der Waals surface area contributed by atoms with Gasteiger partial charge < -0.3 is 18.6 Å². The third kappa shape index (κ3) is 3.97. The van der Waals surface area contributed by atoms with Crippen LogP contribution in [0.1, 0.15) is 25.2 Å². The number of para-hydroxylation sites is 1. The number of hydrogen-bond donors (Lipinski definition) is 0. The van der Waals surface area contributed by atoms with Crippen LogP contribution in [0.15, 0.2) is 34.9 Å². The number of nitrogens with zero attached hydrogens (tertiary/aromatic N) is 5. The van der Waals surface area contributed by atoms with Crippen LogP contribution in [-0.2, 0) is 22.6 Å². The number of morpholine rings is 1. The van der Waals surface area contributed by atoms with Crippen molar-refractivity contribution in [1.29, 1.82) is 0 Å². The molecule has 0 aliphatic carbocycles. The molecule has 0 N–H and O–H groups in total. The molecule has 2 saturated heterocycles. The van der Waals surface area contributed by atoms with Crippen molar-refractivity contribution in [3.05, 3.63) is 36.4 Å². The van der Waals surface area contributed by atoms with E-state index in [2.05, 4.69) is 15.1 Å². The van der Waals surface area contributed by atoms with Crippen molar-refractivity contribution in [1.82, 2.24) is 24.6 Å². The Bertz CT molecular complexity index is 1010. The smallest absolute Gasteiger partial charge is 0.249 e. The van der Waals surface area contributed by atoms with Crippen molar-refractivity contribution in [3.8, 4) is 11.5 Å². The zero-order valence-corrected chi connectivity index (χ0v) is 17.1. The van der Waals surface area contributed by atoms with Gasteiger partial charge in [0.05, 0.1) is 25.3 Å². The first-order chi connectivity index (χ1) is 14.8. The Morgan fingerprint density at radius 2 is 1.80 bits per heavy atom. The summed E-state index contributed by atoms with van der Waals surface area (Å²) in [5, 5.41) is 9.61. The van der Waals surface area contributed by atoms with Crippen molar-refractivity contribution in [2.24, 2.45) is 0 Å². The van der Waals surface area contributed by atoms with E-state index in [0.717, 1.165) is 29.6 Å². The molecule has 4 heterocycles. The van der Waals surface area contributed by atoms with Gasteiger partial charge in [0.1, 0.15) is 6.54 Å². The highest BCUT2D eigenvalue weighted by Crippen LogP contribution is 2.30. The normalized spacial score (nSPS) is 18.2. The van der Waals surface area contributed by atoms with Gasteiger partial charge in [-0.2, -0.15) is 0 Å². The molecular weight excluding hydrogens is 382 g/mol. The minimum Gasteiger partial charge on any atom is -0.419 e. The molecule has 5 rings (SSSR count). The van der Waals surface area contributed by atoms with Crippen LogP contribution >= 0.6 is 0 Å². The van der Waals surface area contributed by atoms with Gasteiger partial charge in [0.25, 0.3) is 0 Å². The van der Waals surface area contributed by atoms with Crippen molar-refractivity contribution in [2.45, 2.75) is 32.4 Å². The highest BCUT2D eigenvalue weighted by molar-refractivity contribution is 5.94. The monoisotopic (exact) mass is 409 g/mol. The maximum Gasteiger partial charge on any atom is 0.249 e. The standard InChI is InChI=1S/C22H27N5O3/c28-21(26-10-12-29-13-11-26)16-27-14-18(17-6-2-3-7-19(17)27)22-24-23-20(30-22)15-25-8-4-1-5-9-25/h2-3,6-7,14H,1,4-5,8-13,15-16H2. The number of benzene rings is 1. The minimum absolute atomic E-state index is 0.0990. The zero-order valence-electron chi connectivity index (χ0n) is 17.1. The molecule has 0 spiro atoms. The highest BCUT2D eigenvalue weighted by atomic mass is 16.5. The SMILES string of the molecule is O=C(Cn1cc(-c2nnc(CN3CCCCC3)o2)c2ccccc21)N1CCOCC1. The Labute approximate surface area is 175 Å². The Balaban J connectivity index is 1.39. The van der Waals surface area contributed by atoms with E-state index >= 15 is 0 Å². The third-order valence-corrected chi connectivity index (χ3v) is 5.96. The lowest BCUT2D eigenvalue weighted by molar-refractivity contribution is -0.135. The predicted octanol–water partition coefficient (Wildman–Crippen LogP) is 2.54. The van der Waals surface area contributed by atoms with Crippen molar-refractivity contribution in [3.63, 3.8) is 0 Å². The molecule has 3 aromatic rings. The lowest BCUT2D eigenvalue weighted by atomic mass is 10.1. The van der Waals surface area contributed by atoms with E-state index < -0.39 is 0 Å². The van der Waals surface area contributed by atoms with Gasteiger partial charge in [0, 0.05) is 30.2 Å². The largest absolute Gasteiger partial charge is 0.419 e. The summed E-state index contributed by atoms with van der Waals surface area (Å²) in [6.45, 7) is 5.65. The molecule has 2 fully saturated rings. The van der Waals surface area contributed by atoms with E-state index in [-0.39, 0.29) is 12.5 Å². The summed E-state index contributed by atoms with van der Waals surface area (Å²) >= 11 is 0.